The molecule has 7 nitrogen and oxygen atoms in total. The highest BCUT2D eigenvalue weighted by atomic mass is 32.2. The molecule has 5 aromatic rings. The number of hydrogen-bond donors (Lipinski definition) is 0. The van der Waals surface area contributed by atoms with Gasteiger partial charge in [0.2, 0.25) is 10.0 Å². The predicted octanol–water partition coefficient (Wildman–Crippen LogP) is 5.05. The summed E-state index contributed by atoms with van der Waals surface area (Å²) in [6.07, 6.45) is 3.65. The summed E-state index contributed by atoms with van der Waals surface area (Å²) in [6.45, 7) is 3.35. The summed E-state index contributed by atoms with van der Waals surface area (Å²) in [5.41, 5.74) is 4.97. The maximum atomic E-state index is 14.3. The molecule has 9 heteroatoms. The van der Waals surface area contributed by atoms with Gasteiger partial charge in [0, 0.05) is 43.6 Å². The molecule has 38 heavy (non-hydrogen) atoms. The Kier molecular flexibility index (Phi) is 6.17. The Hall–Kier alpha value is -4.08. The van der Waals surface area contributed by atoms with Crippen LogP contribution in [0.2, 0.25) is 0 Å². The van der Waals surface area contributed by atoms with Gasteiger partial charge in [-0.2, -0.15) is 4.31 Å². The summed E-state index contributed by atoms with van der Waals surface area (Å²) < 4.78 is 44.0. The number of aromatic nitrogens is 3. The number of anilines is 1. The van der Waals surface area contributed by atoms with Gasteiger partial charge in [0.25, 0.3) is 0 Å². The smallest absolute Gasteiger partial charge is 0.246 e. The van der Waals surface area contributed by atoms with Crippen molar-refractivity contribution in [1.29, 1.82) is 0 Å². The lowest BCUT2D eigenvalue weighted by molar-refractivity contribution is 0.381. The van der Waals surface area contributed by atoms with Crippen molar-refractivity contribution in [1.82, 2.24) is 18.8 Å². The standard InChI is InChI=1S/C29H26FN5O2S/c1-21-8-7-11-23(18-21)35-19-24(22-9-3-2-4-10-22)27-28(31-20-32-29(27)35)33-14-16-34(17-15-33)38(36,37)26-13-6-5-12-25(26)30/h2-13,18-20H,14-17H2,1H3. The second-order valence-electron chi connectivity index (χ2n) is 9.34. The number of halogens is 1. The van der Waals surface area contributed by atoms with Gasteiger partial charge in [0.15, 0.2) is 5.65 Å². The van der Waals surface area contributed by atoms with Gasteiger partial charge in [-0.15, -0.1) is 0 Å². The molecule has 2 aromatic heterocycles. The largest absolute Gasteiger partial charge is 0.353 e. The van der Waals surface area contributed by atoms with Gasteiger partial charge in [0.05, 0.1) is 5.39 Å². The number of piperazine rings is 1. The highest BCUT2D eigenvalue weighted by Gasteiger charge is 2.32. The van der Waals surface area contributed by atoms with Crippen molar-refractivity contribution in [2.24, 2.45) is 0 Å². The molecule has 0 saturated carbocycles. The number of aryl methyl sites for hydroxylation is 1. The average molecular weight is 528 g/mol. The number of benzene rings is 3. The lowest BCUT2D eigenvalue weighted by Gasteiger charge is -2.35. The normalized spacial score (nSPS) is 14.7. The summed E-state index contributed by atoms with van der Waals surface area (Å²) in [7, 11) is -3.93. The fourth-order valence-corrected chi connectivity index (χ4v) is 6.52. The third kappa shape index (κ3) is 4.23. The van der Waals surface area contributed by atoms with Gasteiger partial charge in [-0.1, -0.05) is 54.6 Å². The molecule has 1 aliphatic rings. The van der Waals surface area contributed by atoms with Crippen molar-refractivity contribution in [3.05, 3.63) is 103 Å². The van der Waals surface area contributed by atoms with Crippen LogP contribution in [0, 0.1) is 12.7 Å². The monoisotopic (exact) mass is 527 g/mol. The molecule has 0 bridgehead atoms. The summed E-state index contributed by atoms with van der Waals surface area (Å²) in [6, 6.07) is 23.9. The van der Waals surface area contributed by atoms with E-state index in [1.165, 1.54) is 28.6 Å². The highest BCUT2D eigenvalue weighted by molar-refractivity contribution is 7.89. The van der Waals surface area contributed by atoms with Gasteiger partial charge >= 0.3 is 0 Å². The second-order valence-corrected chi connectivity index (χ2v) is 11.2. The molecule has 0 spiro atoms. The van der Waals surface area contributed by atoms with E-state index >= 15 is 0 Å². The van der Waals surface area contributed by atoms with Crippen LogP contribution in [0.25, 0.3) is 27.8 Å². The number of nitrogens with zero attached hydrogens (tertiary/aromatic N) is 5. The lowest BCUT2D eigenvalue weighted by atomic mass is 10.1. The van der Waals surface area contributed by atoms with Crippen LogP contribution in [-0.2, 0) is 10.0 Å². The van der Waals surface area contributed by atoms with E-state index in [2.05, 4.69) is 62.9 Å². The summed E-state index contributed by atoms with van der Waals surface area (Å²) in [5.74, 6) is 0.0145. The number of sulfonamides is 1. The van der Waals surface area contributed by atoms with Crippen LogP contribution in [0.15, 0.2) is 96.3 Å². The van der Waals surface area contributed by atoms with Gasteiger partial charge in [-0.05, 0) is 42.3 Å². The number of hydrogen-bond acceptors (Lipinski definition) is 5. The van der Waals surface area contributed by atoms with Crippen LogP contribution in [0.1, 0.15) is 5.56 Å². The molecule has 0 aliphatic carbocycles. The number of fused-ring (bicyclic) bond motifs is 1. The van der Waals surface area contributed by atoms with E-state index in [4.69, 9.17) is 0 Å². The summed E-state index contributed by atoms with van der Waals surface area (Å²) >= 11 is 0. The lowest BCUT2D eigenvalue weighted by Crippen LogP contribution is -2.49. The molecule has 0 amide bonds. The molecule has 192 valence electrons. The van der Waals surface area contributed by atoms with Crippen molar-refractivity contribution in [3.8, 4) is 16.8 Å². The van der Waals surface area contributed by atoms with Crippen LogP contribution in [0.5, 0.6) is 0 Å². The second kappa shape index (κ2) is 9.66. The predicted molar refractivity (Wildman–Crippen MR) is 146 cm³/mol. The molecule has 3 aromatic carbocycles. The van der Waals surface area contributed by atoms with Crippen molar-refractivity contribution >= 4 is 26.9 Å². The molecule has 1 aliphatic heterocycles. The minimum Gasteiger partial charge on any atom is -0.353 e. The Morgan fingerprint density at radius 3 is 2.32 bits per heavy atom. The Balaban J connectivity index is 1.40. The van der Waals surface area contributed by atoms with Crippen LogP contribution in [0.4, 0.5) is 10.2 Å². The van der Waals surface area contributed by atoms with Crippen LogP contribution < -0.4 is 4.90 Å². The van der Waals surface area contributed by atoms with E-state index in [9.17, 15) is 12.8 Å². The van der Waals surface area contributed by atoms with E-state index in [-0.39, 0.29) is 18.0 Å². The zero-order valence-corrected chi connectivity index (χ0v) is 21.6. The first-order valence-corrected chi connectivity index (χ1v) is 13.9. The SMILES string of the molecule is Cc1cccc(-n2cc(-c3ccccc3)c3c(N4CCN(S(=O)(=O)c5ccccc5F)CC4)ncnc32)c1. The van der Waals surface area contributed by atoms with Crippen molar-refractivity contribution in [2.45, 2.75) is 11.8 Å². The molecule has 1 saturated heterocycles. The average Bonchev–Trinajstić information content (AvgIpc) is 3.34. The Labute approximate surface area is 220 Å². The van der Waals surface area contributed by atoms with E-state index in [1.54, 1.807) is 6.33 Å². The quantitative estimate of drug-likeness (QED) is 0.320. The molecule has 0 N–H and O–H groups in total. The zero-order valence-electron chi connectivity index (χ0n) is 20.8. The van der Waals surface area contributed by atoms with Gasteiger partial charge in [0.1, 0.15) is 22.9 Å². The van der Waals surface area contributed by atoms with E-state index in [1.807, 2.05) is 24.3 Å². The van der Waals surface area contributed by atoms with Crippen molar-refractivity contribution in [3.63, 3.8) is 0 Å². The van der Waals surface area contributed by atoms with E-state index < -0.39 is 15.8 Å². The first-order chi connectivity index (χ1) is 18.4. The fourth-order valence-electron chi connectivity index (χ4n) is 5.03. The third-order valence-corrected chi connectivity index (χ3v) is 8.85. The molecule has 6 rings (SSSR count). The maximum Gasteiger partial charge on any atom is 0.246 e. The van der Waals surface area contributed by atoms with Crippen molar-refractivity contribution < 1.29 is 12.8 Å². The zero-order chi connectivity index (χ0) is 26.3. The minimum atomic E-state index is -3.93. The van der Waals surface area contributed by atoms with Gasteiger partial charge < -0.3 is 9.47 Å². The van der Waals surface area contributed by atoms with Crippen LogP contribution >= 0.6 is 0 Å². The summed E-state index contributed by atoms with van der Waals surface area (Å²) in [4.78, 5) is 11.1. The summed E-state index contributed by atoms with van der Waals surface area (Å²) in [5, 5.41) is 0.908. The Morgan fingerprint density at radius 2 is 1.58 bits per heavy atom. The van der Waals surface area contributed by atoms with Gasteiger partial charge in [-0.3, -0.25) is 0 Å². The molecule has 0 atom stereocenters. The fraction of sp³-hybridized carbons (Fsp3) is 0.172. The molecule has 1 fully saturated rings. The molecule has 3 heterocycles. The number of rotatable bonds is 5. The molecule has 0 radical (unpaired) electrons. The Bertz CT molecular complexity index is 1730. The topological polar surface area (TPSA) is 71.3 Å². The molecule has 0 unspecified atom stereocenters. The highest BCUT2D eigenvalue weighted by Crippen LogP contribution is 2.37. The van der Waals surface area contributed by atoms with Crippen LogP contribution in [0.3, 0.4) is 0 Å². The van der Waals surface area contributed by atoms with Crippen molar-refractivity contribution in [2.75, 3.05) is 31.1 Å². The van der Waals surface area contributed by atoms with Gasteiger partial charge in [-0.25, -0.2) is 22.8 Å². The molecular formula is C29H26FN5O2S. The van der Waals surface area contributed by atoms with E-state index in [0.717, 1.165) is 39.2 Å². The maximum absolute atomic E-state index is 14.3. The van der Waals surface area contributed by atoms with Crippen LogP contribution in [-0.4, -0.2) is 53.4 Å². The first-order valence-electron chi connectivity index (χ1n) is 12.4. The first kappa shape index (κ1) is 24.3. The minimum absolute atomic E-state index is 0.224. The third-order valence-electron chi connectivity index (χ3n) is 6.92. The Morgan fingerprint density at radius 1 is 0.842 bits per heavy atom. The molecular weight excluding hydrogens is 501 g/mol. The van der Waals surface area contributed by atoms with E-state index in [0.29, 0.717) is 13.1 Å².